The number of hydrogen-bond donors (Lipinski definition) is 1. The maximum Gasteiger partial charge on any atom is 0.330 e. The number of aromatic nitrogens is 1. The SMILES string of the molecule is CCCNCc1ccc(COCC(F)(F)C(F)F)nc1. The Morgan fingerprint density at radius 3 is 2.65 bits per heavy atom. The van der Waals surface area contributed by atoms with Crippen molar-refractivity contribution in [2.24, 2.45) is 0 Å². The van der Waals surface area contributed by atoms with Gasteiger partial charge in [-0.1, -0.05) is 13.0 Å². The molecule has 0 aromatic carbocycles. The Hall–Kier alpha value is -1.21. The van der Waals surface area contributed by atoms with Crippen molar-refractivity contribution < 1.29 is 22.3 Å². The molecule has 1 heterocycles. The van der Waals surface area contributed by atoms with Crippen LogP contribution in [0.3, 0.4) is 0 Å². The summed E-state index contributed by atoms with van der Waals surface area (Å²) >= 11 is 0. The van der Waals surface area contributed by atoms with E-state index in [1.54, 1.807) is 18.3 Å². The minimum Gasteiger partial charge on any atom is -0.369 e. The van der Waals surface area contributed by atoms with Gasteiger partial charge in [-0.05, 0) is 24.6 Å². The van der Waals surface area contributed by atoms with Crippen molar-refractivity contribution in [1.82, 2.24) is 10.3 Å². The molecule has 0 saturated heterocycles. The second-order valence-electron chi connectivity index (χ2n) is 4.39. The van der Waals surface area contributed by atoms with Gasteiger partial charge in [0, 0.05) is 12.7 Å². The van der Waals surface area contributed by atoms with E-state index in [1.165, 1.54) is 0 Å². The number of nitrogens with zero attached hydrogens (tertiary/aromatic N) is 1. The standard InChI is InChI=1S/C13H18F4N2O/c1-2-5-18-6-10-3-4-11(19-7-10)8-20-9-13(16,17)12(14)15/h3-4,7,12,18H,2,5-6,8-9H2,1H3. The van der Waals surface area contributed by atoms with E-state index in [1.807, 2.05) is 0 Å². The molecule has 0 fully saturated rings. The first-order valence-corrected chi connectivity index (χ1v) is 6.34. The lowest BCUT2D eigenvalue weighted by atomic mass is 10.2. The van der Waals surface area contributed by atoms with Gasteiger partial charge in [-0.25, -0.2) is 8.78 Å². The Kier molecular flexibility index (Phi) is 6.87. The predicted molar refractivity (Wildman–Crippen MR) is 66.8 cm³/mol. The van der Waals surface area contributed by atoms with Crippen LogP contribution in [0.4, 0.5) is 17.6 Å². The first-order chi connectivity index (χ1) is 9.45. The van der Waals surface area contributed by atoms with Crippen LogP contribution in [0.2, 0.25) is 0 Å². The van der Waals surface area contributed by atoms with Gasteiger partial charge >= 0.3 is 12.3 Å². The molecule has 0 unspecified atom stereocenters. The first kappa shape index (κ1) is 16.8. The van der Waals surface area contributed by atoms with Gasteiger partial charge in [0.1, 0.15) is 6.61 Å². The monoisotopic (exact) mass is 294 g/mol. The molecule has 0 saturated carbocycles. The average molecular weight is 294 g/mol. The number of halogens is 4. The highest BCUT2D eigenvalue weighted by Gasteiger charge is 2.40. The van der Waals surface area contributed by atoms with Crippen molar-refractivity contribution in [2.75, 3.05) is 13.2 Å². The summed E-state index contributed by atoms with van der Waals surface area (Å²) in [5.41, 5.74) is 1.38. The van der Waals surface area contributed by atoms with Crippen LogP contribution in [-0.4, -0.2) is 30.5 Å². The molecule has 1 rings (SSSR count). The summed E-state index contributed by atoms with van der Waals surface area (Å²) in [5, 5.41) is 3.19. The normalized spacial score (nSPS) is 12.1. The summed E-state index contributed by atoms with van der Waals surface area (Å²) in [6.45, 7) is 2.09. The molecule has 1 aromatic rings. The summed E-state index contributed by atoms with van der Waals surface area (Å²) in [6.07, 6.45) is -1.09. The molecule has 1 N–H and O–H groups in total. The maximum atomic E-state index is 12.6. The van der Waals surface area contributed by atoms with E-state index in [4.69, 9.17) is 0 Å². The van der Waals surface area contributed by atoms with Crippen LogP contribution in [0.1, 0.15) is 24.6 Å². The van der Waals surface area contributed by atoms with Crippen molar-refractivity contribution in [2.45, 2.75) is 38.8 Å². The van der Waals surface area contributed by atoms with Crippen molar-refractivity contribution in [3.8, 4) is 0 Å². The number of rotatable bonds is 9. The largest absolute Gasteiger partial charge is 0.369 e. The Morgan fingerprint density at radius 2 is 2.10 bits per heavy atom. The quantitative estimate of drug-likeness (QED) is 0.561. The average Bonchev–Trinajstić information content (AvgIpc) is 2.40. The lowest BCUT2D eigenvalue weighted by Gasteiger charge is -2.14. The van der Waals surface area contributed by atoms with Gasteiger partial charge < -0.3 is 10.1 Å². The zero-order valence-electron chi connectivity index (χ0n) is 11.2. The van der Waals surface area contributed by atoms with E-state index in [-0.39, 0.29) is 6.61 Å². The molecule has 0 radical (unpaired) electrons. The molecule has 0 bridgehead atoms. The number of alkyl halides is 4. The van der Waals surface area contributed by atoms with Gasteiger partial charge in [0.25, 0.3) is 0 Å². The molecule has 0 atom stereocenters. The molecule has 0 aliphatic rings. The summed E-state index contributed by atoms with van der Waals surface area (Å²) in [5.74, 6) is -4.12. The second kappa shape index (κ2) is 8.16. The fraction of sp³-hybridized carbons (Fsp3) is 0.615. The fourth-order valence-corrected chi connectivity index (χ4v) is 1.41. The highest BCUT2D eigenvalue weighted by Crippen LogP contribution is 2.23. The topological polar surface area (TPSA) is 34.1 Å². The van der Waals surface area contributed by atoms with Crippen LogP contribution in [0.25, 0.3) is 0 Å². The molecule has 0 spiro atoms. The zero-order chi connectivity index (χ0) is 15.0. The Morgan fingerprint density at radius 1 is 1.35 bits per heavy atom. The summed E-state index contributed by atoms with van der Waals surface area (Å²) in [7, 11) is 0. The second-order valence-corrected chi connectivity index (χ2v) is 4.39. The first-order valence-electron chi connectivity index (χ1n) is 6.34. The van der Waals surface area contributed by atoms with Crippen LogP contribution >= 0.6 is 0 Å². The van der Waals surface area contributed by atoms with Crippen molar-refractivity contribution in [3.63, 3.8) is 0 Å². The number of pyridine rings is 1. The van der Waals surface area contributed by atoms with E-state index >= 15 is 0 Å². The molecule has 0 amide bonds. The third-order valence-corrected chi connectivity index (χ3v) is 2.51. The molecule has 7 heteroatoms. The summed E-state index contributed by atoms with van der Waals surface area (Å²) in [6, 6.07) is 3.42. The number of ether oxygens (including phenoxy) is 1. The fourth-order valence-electron chi connectivity index (χ4n) is 1.41. The summed E-state index contributed by atoms with van der Waals surface area (Å²) < 4.78 is 53.5. The maximum absolute atomic E-state index is 12.6. The Bertz CT molecular complexity index is 384. The van der Waals surface area contributed by atoms with Gasteiger partial charge in [-0.15, -0.1) is 0 Å². The Labute approximate surface area is 115 Å². The molecule has 20 heavy (non-hydrogen) atoms. The predicted octanol–water partition coefficient (Wildman–Crippen LogP) is 3.00. The molecule has 1 aromatic heterocycles. The van der Waals surface area contributed by atoms with E-state index < -0.39 is 19.0 Å². The third-order valence-electron chi connectivity index (χ3n) is 2.51. The Balaban J connectivity index is 2.35. The van der Waals surface area contributed by atoms with Crippen LogP contribution in [0.5, 0.6) is 0 Å². The zero-order valence-corrected chi connectivity index (χ0v) is 11.2. The van der Waals surface area contributed by atoms with Crippen molar-refractivity contribution in [1.29, 1.82) is 0 Å². The minimum atomic E-state index is -4.12. The molecule has 114 valence electrons. The van der Waals surface area contributed by atoms with Crippen LogP contribution < -0.4 is 5.32 Å². The minimum absolute atomic E-state index is 0.217. The van der Waals surface area contributed by atoms with Crippen LogP contribution in [0, 0.1) is 0 Å². The lowest BCUT2D eigenvalue weighted by molar-refractivity contribution is -0.168. The van der Waals surface area contributed by atoms with Gasteiger partial charge in [0.15, 0.2) is 0 Å². The van der Waals surface area contributed by atoms with E-state index in [0.29, 0.717) is 12.2 Å². The van der Waals surface area contributed by atoms with Crippen molar-refractivity contribution in [3.05, 3.63) is 29.6 Å². The molecular formula is C13H18F4N2O. The molecule has 0 aliphatic heterocycles. The van der Waals surface area contributed by atoms with Gasteiger partial charge in [-0.3, -0.25) is 4.98 Å². The highest BCUT2D eigenvalue weighted by atomic mass is 19.3. The van der Waals surface area contributed by atoms with Gasteiger partial charge in [0.05, 0.1) is 12.3 Å². The third kappa shape index (κ3) is 5.83. The molecular weight excluding hydrogens is 276 g/mol. The van der Waals surface area contributed by atoms with E-state index in [9.17, 15) is 17.6 Å². The van der Waals surface area contributed by atoms with Crippen LogP contribution in [-0.2, 0) is 17.9 Å². The number of nitrogens with one attached hydrogen (secondary N) is 1. The molecule has 3 nitrogen and oxygen atoms in total. The molecule has 0 aliphatic carbocycles. The summed E-state index contributed by atoms with van der Waals surface area (Å²) in [4.78, 5) is 4.02. The van der Waals surface area contributed by atoms with Crippen molar-refractivity contribution >= 4 is 0 Å². The smallest absolute Gasteiger partial charge is 0.330 e. The van der Waals surface area contributed by atoms with E-state index in [0.717, 1.165) is 18.5 Å². The van der Waals surface area contributed by atoms with Gasteiger partial charge in [-0.2, -0.15) is 8.78 Å². The van der Waals surface area contributed by atoms with E-state index in [2.05, 4.69) is 22.0 Å². The number of hydrogen-bond acceptors (Lipinski definition) is 3. The lowest BCUT2D eigenvalue weighted by Crippen LogP contribution is -2.32. The van der Waals surface area contributed by atoms with Crippen LogP contribution in [0.15, 0.2) is 18.3 Å². The van der Waals surface area contributed by atoms with Gasteiger partial charge in [0.2, 0.25) is 0 Å². The highest BCUT2D eigenvalue weighted by molar-refractivity contribution is 5.13.